The van der Waals surface area contributed by atoms with E-state index in [9.17, 15) is 4.79 Å². The van der Waals surface area contributed by atoms with Gasteiger partial charge in [0.2, 0.25) is 0 Å². The van der Waals surface area contributed by atoms with Crippen LogP contribution in [0.4, 0.5) is 5.69 Å². The molecule has 0 aliphatic carbocycles. The fourth-order valence-corrected chi connectivity index (χ4v) is 7.66. The molecule has 5 aromatic carbocycles. The zero-order chi connectivity index (χ0) is 29.6. The largest absolute Gasteiger partial charge is 0.441 e. The summed E-state index contributed by atoms with van der Waals surface area (Å²) in [5, 5.41) is 4.64. The summed E-state index contributed by atoms with van der Waals surface area (Å²) in [5.41, 5.74) is 15.9. The minimum atomic E-state index is -1.16. The minimum absolute atomic E-state index is 0.326. The average molecular weight is 564 g/mol. The summed E-state index contributed by atoms with van der Waals surface area (Å²) < 4.78 is 11.3. The van der Waals surface area contributed by atoms with Crippen LogP contribution in [0.2, 0.25) is 0 Å². The standard InChI is InChI=1S/C38H33N3O2/c1-5-40-31-13-9-7-11-26(31)28-20-24(15-17-33(28)40)38(35-23(4)36(39)22(3)19-30(35)37(42)43-38)25-16-18-34-29(21-25)27-12-8-10-14-32(27)41(34)6-2/h7-21H,5-6,39H2,1-4H3. The molecule has 5 nitrogen and oxygen atoms in total. The summed E-state index contributed by atoms with van der Waals surface area (Å²) in [7, 11) is 0. The van der Waals surface area contributed by atoms with E-state index >= 15 is 0 Å². The number of nitrogens with two attached hydrogens (primary N) is 1. The highest BCUT2D eigenvalue weighted by Gasteiger charge is 2.50. The summed E-state index contributed by atoms with van der Waals surface area (Å²) in [6, 6.07) is 32.0. The Balaban J connectivity index is 1.51. The van der Waals surface area contributed by atoms with Crippen LogP contribution in [0.25, 0.3) is 43.6 Å². The molecule has 8 rings (SSSR count). The molecule has 0 spiro atoms. The van der Waals surface area contributed by atoms with Crippen LogP contribution < -0.4 is 5.73 Å². The van der Waals surface area contributed by atoms with Crippen molar-refractivity contribution in [1.82, 2.24) is 9.13 Å². The molecule has 0 bridgehead atoms. The molecule has 5 heteroatoms. The van der Waals surface area contributed by atoms with E-state index in [1.807, 2.05) is 19.9 Å². The van der Waals surface area contributed by atoms with E-state index in [1.165, 1.54) is 21.8 Å². The smallest absolute Gasteiger partial charge is 0.340 e. The highest BCUT2D eigenvalue weighted by molar-refractivity contribution is 6.10. The van der Waals surface area contributed by atoms with Crippen molar-refractivity contribution in [2.45, 2.75) is 46.4 Å². The Hall–Kier alpha value is -5.03. The highest BCUT2D eigenvalue weighted by atomic mass is 16.6. The zero-order valence-electron chi connectivity index (χ0n) is 24.9. The van der Waals surface area contributed by atoms with E-state index in [0.29, 0.717) is 11.3 Å². The number of esters is 1. The first-order valence-corrected chi connectivity index (χ1v) is 15.1. The average Bonchev–Trinajstić information content (AvgIpc) is 3.64. The number of rotatable bonds is 4. The summed E-state index contributed by atoms with van der Waals surface area (Å²) in [6.07, 6.45) is 0. The lowest BCUT2D eigenvalue weighted by atomic mass is 9.76. The number of aromatic nitrogens is 2. The molecule has 0 saturated heterocycles. The first-order chi connectivity index (χ1) is 20.9. The van der Waals surface area contributed by atoms with Gasteiger partial charge in [0.15, 0.2) is 5.60 Å². The number of benzene rings is 5. The fraction of sp³-hybridized carbons (Fsp3) is 0.184. The molecule has 0 radical (unpaired) electrons. The number of cyclic esters (lactones) is 1. The van der Waals surface area contributed by atoms with Gasteiger partial charge in [-0.3, -0.25) is 0 Å². The molecular weight excluding hydrogens is 530 g/mol. The van der Waals surface area contributed by atoms with E-state index in [2.05, 4.69) is 108 Å². The van der Waals surface area contributed by atoms with Crippen molar-refractivity contribution >= 4 is 55.3 Å². The number of hydrogen-bond donors (Lipinski definition) is 1. The van der Waals surface area contributed by atoms with Crippen LogP contribution in [0.1, 0.15) is 52.0 Å². The molecule has 0 atom stereocenters. The molecule has 212 valence electrons. The molecule has 0 amide bonds. The van der Waals surface area contributed by atoms with Gasteiger partial charge in [-0.15, -0.1) is 0 Å². The second-order valence-electron chi connectivity index (χ2n) is 11.7. The van der Waals surface area contributed by atoms with Crippen LogP contribution in [-0.4, -0.2) is 15.1 Å². The zero-order valence-corrected chi connectivity index (χ0v) is 24.9. The van der Waals surface area contributed by atoms with Crippen molar-refractivity contribution in [3.8, 4) is 0 Å². The molecule has 0 saturated carbocycles. The SMILES string of the molecule is CCn1c2ccccc2c2cc(C3(c4ccc5c(c4)c4ccccc4n5CC)OC(=O)c4cc(C)c(N)c(C)c43)ccc21. The number of nitrogen functional groups attached to an aromatic ring is 1. The molecule has 2 aromatic heterocycles. The second-order valence-corrected chi connectivity index (χ2v) is 11.7. The molecule has 0 fully saturated rings. The van der Waals surface area contributed by atoms with E-state index in [4.69, 9.17) is 10.5 Å². The normalized spacial score (nSPS) is 14.3. The van der Waals surface area contributed by atoms with E-state index in [0.717, 1.165) is 62.7 Å². The van der Waals surface area contributed by atoms with Crippen molar-refractivity contribution < 1.29 is 9.53 Å². The Morgan fingerprint density at radius 3 is 1.67 bits per heavy atom. The third-order valence-electron chi connectivity index (χ3n) is 9.64. The van der Waals surface area contributed by atoms with E-state index in [1.54, 1.807) is 0 Å². The molecule has 1 aliphatic rings. The molecular formula is C38H33N3O2. The fourth-order valence-electron chi connectivity index (χ4n) is 7.66. The molecule has 7 aromatic rings. The number of carbonyl (C=O) groups excluding carboxylic acids is 1. The molecule has 1 aliphatic heterocycles. The number of anilines is 1. The van der Waals surface area contributed by atoms with E-state index in [-0.39, 0.29) is 5.97 Å². The lowest BCUT2D eigenvalue weighted by Crippen LogP contribution is -2.30. The van der Waals surface area contributed by atoms with Crippen molar-refractivity contribution in [2.75, 3.05) is 5.73 Å². The lowest BCUT2D eigenvalue weighted by molar-refractivity contribution is 0.0251. The number of ether oxygens (including phenoxy) is 1. The molecule has 2 N–H and O–H groups in total. The second kappa shape index (κ2) is 8.98. The molecule has 0 unspecified atom stereocenters. The topological polar surface area (TPSA) is 62.2 Å². The highest BCUT2D eigenvalue weighted by Crippen LogP contribution is 2.51. The summed E-state index contributed by atoms with van der Waals surface area (Å²) >= 11 is 0. The third kappa shape index (κ3) is 3.25. The van der Waals surface area contributed by atoms with Gasteiger partial charge in [0, 0.05) is 79.1 Å². The van der Waals surface area contributed by atoms with Crippen molar-refractivity contribution in [3.05, 3.63) is 124 Å². The third-order valence-corrected chi connectivity index (χ3v) is 9.64. The van der Waals surface area contributed by atoms with Gasteiger partial charge >= 0.3 is 5.97 Å². The number of nitrogens with zero attached hydrogens (tertiary/aromatic N) is 2. The summed E-state index contributed by atoms with van der Waals surface area (Å²) in [5.74, 6) is -0.326. The predicted molar refractivity (Wildman–Crippen MR) is 176 cm³/mol. The van der Waals surface area contributed by atoms with Crippen LogP contribution in [0, 0.1) is 13.8 Å². The van der Waals surface area contributed by atoms with Crippen LogP contribution in [0.5, 0.6) is 0 Å². The lowest BCUT2D eigenvalue weighted by Gasteiger charge is -2.32. The predicted octanol–water partition coefficient (Wildman–Crippen LogP) is 8.60. The maximum absolute atomic E-state index is 13.8. The van der Waals surface area contributed by atoms with Gasteiger partial charge in [-0.2, -0.15) is 0 Å². The van der Waals surface area contributed by atoms with Crippen LogP contribution in [0.15, 0.2) is 91.0 Å². The first kappa shape index (κ1) is 25.7. The van der Waals surface area contributed by atoms with Gasteiger partial charge in [-0.1, -0.05) is 48.5 Å². The Bertz CT molecular complexity index is 2180. The Morgan fingerprint density at radius 2 is 1.16 bits per heavy atom. The van der Waals surface area contributed by atoms with Crippen molar-refractivity contribution in [3.63, 3.8) is 0 Å². The number of carbonyl (C=O) groups is 1. The van der Waals surface area contributed by atoms with Gasteiger partial charge < -0.3 is 19.6 Å². The molecule has 43 heavy (non-hydrogen) atoms. The van der Waals surface area contributed by atoms with Gasteiger partial charge in [0.05, 0.1) is 5.56 Å². The Morgan fingerprint density at radius 1 is 0.674 bits per heavy atom. The number of para-hydroxylation sites is 2. The van der Waals surface area contributed by atoms with Gasteiger partial charge in [-0.05, 0) is 81.3 Å². The summed E-state index contributed by atoms with van der Waals surface area (Å²) in [4.78, 5) is 13.8. The summed E-state index contributed by atoms with van der Waals surface area (Å²) in [6.45, 7) is 10.0. The van der Waals surface area contributed by atoms with E-state index < -0.39 is 5.60 Å². The van der Waals surface area contributed by atoms with Crippen molar-refractivity contribution in [2.24, 2.45) is 0 Å². The Kier molecular flexibility index (Phi) is 5.36. The van der Waals surface area contributed by atoms with Gasteiger partial charge in [0.25, 0.3) is 0 Å². The first-order valence-electron chi connectivity index (χ1n) is 15.1. The number of hydrogen-bond acceptors (Lipinski definition) is 3. The monoisotopic (exact) mass is 563 g/mol. The van der Waals surface area contributed by atoms with Crippen LogP contribution in [-0.2, 0) is 23.4 Å². The van der Waals surface area contributed by atoms with Gasteiger partial charge in [-0.25, -0.2) is 4.79 Å². The maximum Gasteiger partial charge on any atom is 0.340 e. The van der Waals surface area contributed by atoms with Gasteiger partial charge in [0.1, 0.15) is 0 Å². The van der Waals surface area contributed by atoms with Crippen LogP contribution in [0.3, 0.4) is 0 Å². The maximum atomic E-state index is 13.8. The van der Waals surface area contributed by atoms with Crippen molar-refractivity contribution in [1.29, 1.82) is 0 Å². The Labute approximate surface area is 250 Å². The molecule has 3 heterocycles. The number of fused-ring (bicyclic) bond motifs is 7. The quantitative estimate of drug-likeness (QED) is 0.172. The minimum Gasteiger partial charge on any atom is -0.441 e. The number of aryl methyl sites for hydroxylation is 3. The van der Waals surface area contributed by atoms with Crippen LogP contribution >= 0.6 is 0 Å².